The second-order valence-corrected chi connectivity index (χ2v) is 7.32. The van der Waals surface area contributed by atoms with E-state index in [1.54, 1.807) is 0 Å². The third-order valence-corrected chi connectivity index (χ3v) is 5.74. The Balaban J connectivity index is 1.51. The van der Waals surface area contributed by atoms with Gasteiger partial charge in [-0.2, -0.15) is 0 Å². The fraction of sp³-hybridized carbons (Fsp3) is 0.333. The van der Waals surface area contributed by atoms with Crippen LogP contribution in [0.15, 0.2) is 43.1 Å². The van der Waals surface area contributed by atoms with Gasteiger partial charge in [-0.3, -0.25) is 4.40 Å². The summed E-state index contributed by atoms with van der Waals surface area (Å²) in [6.45, 7) is 6.41. The van der Waals surface area contributed by atoms with E-state index in [0.29, 0.717) is 12.8 Å². The molecule has 1 aromatic carbocycles. The van der Waals surface area contributed by atoms with Crippen molar-refractivity contribution in [1.29, 1.82) is 0 Å². The van der Waals surface area contributed by atoms with Crippen LogP contribution >= 0.6 is 0 Å². The summed E-state index contributed by atoms with van der Waals surface area (Å²) in [5, 5.41) is 8.69. The Labute approximate surface area is 151 Å². The van der Waals surface area contributed by atoms with Gasteiger partial charge in [0, 0.05) is 30.5 Å². The van der Waals surface area contributed by atoms with Crippen molar-refractivity contribution in [2.24, 2.45) is 5.92 Å². The molecule has 0 N–H and O–H groups in total. The van der Waals surface area contributed by atoms with Crippen molar-refractivity contribution < 1.29 is 9.13 Å². The summed E-state index contributed by atoms with van der Waals surface area (Å²) in [4.78, 5) is 0. The van der Waals surface area contributed by atoms with Gasteiger partial charge in [0.05, 0.1) is 6.61 Å². The molecule has 4 nitrogen and oxygen atoms in total. The van der Waals surface area contributed by atoms with E-state index >= 15 is 0 Å². The first-order valence-electron chi connectivity index (χ1n) is 9.01. The van der Waals surface area contributed by atoms with Crippen molar-refractivity contribution in [3.05, 3.63) is 60.1 Å². The molecule has 0 radical (unpaired) electrons. The lowest BCUT2D eigenvalue weighted by atomic mass is 9.99. The van der Waals surface area contributed by atoms with Crippen molar-refractivity contribution in [1.82, 2.24) is 14.6 Å². The molecule has 0 saturated heterocycles. The van der Waals surface area contributed by atoms with Crippen LogP contribution in [0.3, 0.4) is 0 Å². The molecule has 1 fully saturated rings. The van der Waals surface area contributed by atoms with Crippen LogP contribution in [0.5, 0.6) is 5.75 Å². The maximum atomic E-state index is 14.2. The molecule has 0 spiro atoms. The van der Waals surface area contributed by atoms with Gasteiger partial charge in [-0.1, -0.05) is 18.7 Å². The average molecular weight is 349 g/mol. The number of halogens is 1. The molecule has 5 rings (SSSR count). The Kier molecular flexibility index (Phi) is 3.23. The van der Waals surface area contributed by atoms with E-state index in [9.17, 15) is 4.39 Å². The monoisotopic (exact) mass is 349 g/mol. The Bertz CT molecular complexity index is 1040. The van der Waals surface area contributed by atoms with Crippen molar-refractivity contribution >= 4 is 5.65 Å². The fourth-order valence-corrected chi connectivity index (χ4v) is 3.97. The maximum absolute atomic E-state index is 14.2. The molecule has 2 unspecified atom stereocenters. The van der Waals surface area contributed by atoms with Gasteiger partial charge in [0.15, 0.2) is 5.65 Å². The number of rotatable bonds is 4. The summed E-state index contributed by atoms with van der Waals surface area (Å²) in [5.41, 5.74) is 4.24. The number of benzene rings is 1. The zero-order valence-corrected chi connectivity index (χ0v) is 14.7. The summed E-state index contributed by atoms with van der Waals surface area (Å²) < 4.78 is 21.8. The van der Waals surface area contributed by atoms with Crippen molar-refractivity contribution in [2.75, 3.05) is 6.61 Å². The molecule has 1 aliphatic carbocycles. The Morgan fingerprint density at radius 1 is 1.38 bits per heavy atom. The number of pyridine rings is 1. The number of nitrogens with zero attached hydrogens (tertiary/aromatic N) is 3. The van der Waals surface area contributed by atoms with E-state index in [4.69, 9.17) is 4.74 Å². The second kappa shape index (κ2) is 5.40. The SMILES string of the molecule is C=CC1(F)CC1Cc1nnc2c(C)c(-c3ccc4c(c3)CCO4)ccn12. The number of hydrogen-bond donors (Lipinski definition) is 0. The van der Waals surface area contributed by atoms with Crippen molar-refractivity contribution in [2.45, 2.75) is 31.9 Å². The molecule has 3 aromatic rings. The number of hydrogen-bond acceptors (Lipinski definition) is 3. The lowest BCUT2D eigenvalue weighted by molar-refractivity contribution is 0.347. The van der Waals surface area contributed by atoms with Crippen LogP contribution in [-0.2, 0) is 12.8 Å². The third kappa shape index (κ3) is 2.26. The van der Waals surface area contributed by atoms with Gasteiger partial charge in [0.25, 0.3) is 0 Å². The predicted octanol–water partition coefficient (Wildman–Crippen LogP) is 4.10. The molecule has 132 valence electrons. The average Bonchev–Trinajstić information content (AvgIpc) is 3.01. The standard InChI is InChI=1S/C21H20FN3O/c1-3-21(22)12-16(21)11-19-23-24-20-13(2)17(6-8-25(19)20)14-4-5-18-15(10-14)7-9-26-18/h3-6,8,10,16H,1,7,9,11-12H2,2H3. The zero-order chi connectivity index (χ0) is 17.9. The van der Waals surface area contributed by atoms with Crippen molar-refractivity contribution in [3.63, 3.8) is 0 Å². The van der Waals surface area contributed by atoms with Crippen LogP contribution in [-0.4, -0.2) is 26.9 Å². The van der Waals surface area contributed by atoms with E-state index < -0.39 is 5.67 Å². The number of ether oxygens (including phenoxy) is 1. The minimum absolute atomic E-state index is 0.0379. The van der Waals surface area contributed by atoms with Gasteiger partial charge in [-0.05, 0) is 48.2 Å². The number of aryl methyl sites for hydroxylation is 1. The van der Waals surface area contributed by atoms with Crippen LogP contribution in [0.1, 0.15) is 23.4 Å². The zero-order valence-electron chi connectivity index (χ0n) is 14.7. The molecule has 3 heterocycles. The first-order valence-corrected chi connectivity index (χ1v) is 9.01. The smallest absolute Gasteiger partial charge is 0.164 e. The molecular weight excluding hydrogens is 329 g/mol. The van der Waals surface area contributed by atoms with Crippen LogP contribution in [0, 0.1) is 12.8 Å². The predicted molar refractivity (Wildman–Crippen MR) is 98.2 cm³/mol. The summed E-state index contributed by atoms with van der Waals surface area (Å²) >= 11 is 0. The van der Waals surface area contributed by atoms with Crippen LogP contribution < -0.4 is 4.74 Å². The number of alkyl halides is 1. The molecule has 2 atom stereocenters. The minimum atomic E-state index is -1.23. The van der Waals surface area contributed by atoms with Crippen LogP contribution in [0.2, 0.25) is 0 Å². The molecule has 2 aromatic heterocycles. The minimum Gasteiger partial charge on any atom is -0.493 e. The topological polar surface area (TPSA) is 39.4 Å². The lowest BCUT2D eigenvalue weighted by Crippen LogP contribution is -2.04. The van der Waals surface area contributed by atoms with Crippen LogP contribution in [0.4, 0.5) is 4.39 Å². The highest BCUT2D eigenvalue weighted by Crippen LogP contribution is 2.49. The first kappa shape index (κ1) is 15.6. The number of aromatic nitrogens is 3. The van der Waals surface area contributed by atoms with Gasteiger partial charge in [0.1, 0.15) is 17.2 Å². The van der Waals surface area contributed by atoms with Gasteiger partial charge in [0.2, 0.25) is 0 Å². The van der Waals surface area contributed by atoms with E-state index in [0.717, 1.165) is 46.9 Å². The molecule has 26 heavy (non-hydrogen) atoms. The third-order valence-electron chi connectivity index (χ3n) is 5.74. The molecule has 5 heteroatoms. The lowest BCUT2D eigenvalue weighted by Gasteiger charge is -2.09. The molecule has 1 aliphatic heterocycles. The van der Waals surface area contributed by atoms with Gasteiger partial charge < -0.3 is 4.74 Å². The second-order valence-electron chi connectivity index (χ2n) is 7.32. The normalized spacial score (nSPS) is 23.7. The summed E-state index contributed by atoms with van der Waals surface area (Å²) in [5.74, 6) is 1.76. The van der Waals surface area contributed by atoms with Gasteiger partial charge >= 0.3 is 0 Å². The molecule has 1 saturated carbocycles. The summed E-state index contributed by atoms with van der Waals surface area (Å²) in [7, 11) is 0. The number of allylic oxidation sites excluding steroid dienone is 1. The first-order chi connectivity index (χ1) is 12.6. The quantitative estimate of drug-likeness (QED) is 0.666. The Morgan fingerprint density at radius 2 is 2.27 bits per heavy atom. The van der Waals surface area contributed by atoms with E-state index in [2.05, 4.69) is 41.9 Å². The van der Waals surface area contributed by atoms with Crippen molar-refractivity contribution in [3.8, 4) is 16.9 Å². The highest BCUT2D eigenvalue weighted by atomic mass is 19.1. The Morgan fingerprint density at radius 3 is 3.08 bits per heavy atom. The number of fused-ring (bicyclic) bond motifs is 2. The fourth-order valence-electron chi connectivity index (χ4n) is 3.97. The molecule has 0 bridgehead atoms. The van der Waals surface area contributed by atoms with E-state index in [1.165, 1.54) is 11.6 Å². The van der Waals surface area contributed by atoms with E-state index in [-0.39, 0.29) is 5.92 Å². The van der Waals surface area contributed by atoms with Gasteiger partial charge in [-0.15, -0.1) is 10.2 Å². The molecule has 2 aliphatic rings. The maximum Gasteiger partial charge on any atom is 0.164 e. The van der Waals surface area contributed by atoms with E-state index in [1.807, 2.05) is 16.7 Å². The molecule has 0 amide bonds. The molecular formula is C21H20FN3O. The van der Waals surface area contributed by atoms with Crippen LogP contribution in [0.25, 0.3) is 16.8 Å². The van der Waals surface area contributed by atoms with Gasteiger partial charge in [-0.25, -0.2) is 4.39 Å². The summed E-state index contributed by atoms with van der Waals surface area (Å²) in [6, 6.07) is 8.42. The highest BCUT2D eigenvalue weighted by Gasteiger charge is 2.53. The summed E-state index contributed by atoms with van der Waals surface area (Å²) in [6.07, 6.45) is 5.47. The largest absolute Gasteiger partial charge is 0.493 e. The highest BCUT2D eigenvalue weighted by molar-refractivity contribution is 5.74. The Hall–Kier alpha value is -2.69.